The van der Waals surface area contributed by atoms with Crippen molar-refractivity contribution in [2.24, 2.45) is 0 Å². The lowest BCUT2D eigenvalue weighted by Crippen LogP contribution is -2.12. The fourth-order valence-corrected chi connectivity index (χ4v) is 3.01. The van der Waals surface area contributed by atoms with E-state index in [-0.39, 0.29) is 33.1 Å². The number of thiazole rings is 1. The smallest absolute Gasteiger partial charge is 0.355 e. The largest absolute Gasteiger partial charge is 0.482 e. The molecule has 0 aliphatic rings. The average Bonchev–Trinajstić information content (AvgIpc) is 2.86. The lowest BCUT2D eigenvalue weighted by Gasteiger charge is -2.08. The molecular formula is C12H6Cl3NO4S. The maximum atomic E-state index is 11.9. The SMILES string of the molecule is O=C(O)c1csc(C(=O)COc2c(Cl)cc(Cl)cc2Cl)n1. The Morgan fingerprint density at radius 3 is 2.38 bits per heavy atom. The lowest BCUT2D eigenvalue weighted by atomic mass is 10.3. The predicted octanol–water partition coefficient (Wildman–Crippen LogP) is 4.06. The number of benzene rings is 1. The highest BCUT2D eigenvalue weighted by atomic mass is 35.5. The number of ether oxygens (including phenoxy) is 1. The molecule has 0 spiro atoms. The first kappa shape index (κ1) is 16.0. The van der Waals surface area contributed by atoms with E-state index in [1.54, 1.807) is 0 Å². The molecule has 0 bridgehead atoms. The number of carboxylic acids is 1. The first-order valence-corrected chi connectivity index (χ1v) is 7.39. The third kappa shape index (κ3) is 3.85. The van der Waals surface area contributed by atoms with Crippen LogP contribution in [0.1, 0.15) is 20.3 Å². The summed E-state index contributed by atoms with van der Waals surface area (Å²) in [5.74, 6) is -1.55. The minimum Gasteiger partial charge on any atom is -0.482 e. The maximum absolute atomic E-state index is 11.9. The molecule has 0 saturated heterocycles. The molecule has 21 heavy (non-hydrogen) atoms. The molecule has 2 aromatic rings. The van der Waals surface area contributed by atoms with Gasteiger partial charge in [0, 0.05) is 10.4 Å². The molecule has 1 N–H and O–H groups in total. The van der Waals surface area contributed by atoms with Crippen LogP contribution in [0.25, 0.3) is 0 Å². The van der Waals surface area contributed by atoms with Crippen molar-refractivity contribution < 1.29 is 19.4 Å². The van der Waals surface area contributed by atoms with Gasteiger partial charge in [-0.1, -0.05) is 34.8 Å². The number of halogens is 3. The minimum atomic E-state index is -1.20. The predicted molar refractivity (Wildman–Crippen MR) is 80.4 cm³/mol. The van der Waals surface area contributed by atoms with Crippen LogP contribution in [0.2, 0.25) is 15.1 Å². The second-order valence-corrected chi connectivity index (χ2v) is 5.86. The number of carbonyl (C=O) groups is 2. The molecule has 9 heteroatoms. The van der Waals surface area contributed by atoms with Gasteiger partial charge in [0.05, 0.1) is 10.0 Å². The molecule has 1 aromatic heterocycles. The Kier molecular flexibility index (Phi) is 5.05. The zero-order chi connectivity index (χ0) is 15.6. The van der Waals surface area contributed by atoms with Gasteiger partial charge in [0.25, 0.3) is 0 Å². The van der Waals surface area contributed by atoms with Crippen molar-refractivity contribution in [1.29, 1.82) is 0 Å². The first-order valence-electron chi connectivity index (χ1n) is 5.38. The fraction of sp³-hybridized carbons (Fsp3) is 0.0833. The van der Waals surface area contributed by atoms with Gasteiger partial charge in [0.15, 0.2) is 23.1 Å². The van der Waals surface area contributed by atoms with Crippen molar-refractivity contribution in [3.05, 3.63) is 43.3 Å². The summed E-state index contributed by atoms with van der Waals surface area (Å²) in [5, 5.41) is 10.7. The van der Waals surface area contributed by atoms with Gasteiger partial charge in [0.2, 0.25) is 5.78 Å². The van der Waals surface area contributed by atoms with Crippen molar-refractivity contribution in [2.75, 3.05) is 6.61 Å². The van der Waals surface area contributed by atoms with Crippen molar-refractivity contribution in [2.45, 2.75) is 0 Å². The van der Waals surface area contributed by atoms with Gasteiger partial charge in [-0.25, -0.2) is 9.78 Å². The summed E-state index contributed by atoms with van der Waals surface area (Å²) in [5.41, 5.74) is -0.189. The van der Waals surface area contributed by atoms with Crippen LogP contribution in [0.15, 0.2) is 17.5 Å². The molecular weight excluding hydrogens is 361 g/mol. The Morgan fingerprint density at radius 2 is 1.86 bits per heavy atom. The van der Waals surface area contributed by atoms with E-state index in [1.165, 1.54) is 17.5 Å². The van der Waals surface area contributed by atoms with E-state index in [0.29, 0.717) is 5.02 Å². The average molecular weight is 367 g/mol. The van der Waals surface area contributed by atoms with Gasteiger partial charge in [-0.05, 0) is 12.1 Å². The topological polar surface area (TPSA) is 76.5 Å². The quantitative estimate of drug-likeness (QED) is 0.807. The third-order valence-electron chi connectivity index (χ3n) is 2.27. The summed E-state index contributed by atoms with van der Waals surface area (Å²) in [6.45, 7) is -0.367. The minimum absolute atomic E-state index is 0.0357. The monoisotopic (exact) mass is 365 g/mol. The summed E-state index contributed by atoms with van der Waals surface area (Å²) >= 11 is 18.5. The van der Waals surface area contributed by atoms with Gasteiger partial charge in [-0.3, -0.25) is 4.79 Å². The Bertz CT molecular complexity index is 693. The highest BCUT2D eigenvalue weighted by Gasteiger charge is 2.17. The molecule has 0 amide bonds. The number of carboxylic acid groups (broad SMARTS) is 1. The number of rotatable bonds is 5. The van der Waals surface area contributed by atoms with Gasteiger partial charge in [0.1, 0.15) is 0 Å². The molecule has 1 aromatic carbocycles. The summed E-state index contributed by atoms with van der Waals surface area (Å²) in [6, 6.07) is 2.86. The van der Waals surface area contributed by atoms with Crippen LogP contribution in [0.4, 0.5) is 0 Å². The number of Topliss-reactive ketones (excluding diaryl/α,β-unsaturated/α-hetero) is 1. The molecule has 5 nitrogen and oxygen atoms in total. The van der Waals surface area contributed by atoms with E-state index < -0.39 is 11.8 Å². The summed E-state index contributed by atoms with van der Waals surface area (Å²) in [7, 11) is 0. The van der Waals surface area contributed by atoms with Crippen molar-refractivity contribution in [3.63, 3.8) is 0 Å². The number of hydrogen-bond donors (Lipinski definition) is 1. The normalized spacial score (nSPS) is 10.4. The van der Waals surface area contributed by atoms with E-state index >= 15 is 0 Å². The highest BCUT2D eigenvalue weighted by molar-refractivity contribution is 7.12. The van der Waals surface area contributed by atoms with Crippen LogP contribution in [0, 0.1) is 0 Å². The van der Waals surface area contributed by atoms with Crippen molar-refractivity contribution >= 4 is 57.9 Å². The first-order chi connectivity index (χ1) is 9.88. The number of nitrogens with zero attached hydrogens (tertiary/aromatic N) is 1. The van der Waals surface area contributed by atoms with E-state index in [1.807, 2.05) is 0 Å². The maximum Gasteiger partial charge on any atom is 0.355 e. The van der Waals surface area contributed by atoms with Crippen LogP contribution in [-0.2, 0) is 0 Å². The summed E-state index contributed by atoms with van der Waals surface area (Å²) in [4.78, 5) is 26.2. The molecule has 0 fully saturated rings. The van der Waals surface area contributed by atoms with E-state index in [9.17, 15) is 9.59 Å². The number of carbonyl (C=O) groups excluding carboxylic acids is 1. The van der Waals surface area contributed by atoms with E-state index in [2.05, 4.69) is 4.98 Å². The Hall–Kier alpha value is -1.34. The van der Waals surface area contributed by atoms with Gasteiger partial charge >= 0.3 is 5.97 Å². The van der Waals surface area contributed by atoms with E-state index in [4.69, 9.17) is 44.6 Å². The zero-order valence-corrected chi connectivity index (χ0v) is 13.2. The van der Waals surface area contributed by atoms with Crippen molar-refractivity contribution in [1.82, 2.24) is 4.98 Å². The molecule has 110 valence electrons. The summed E-state index contributed by atoms with van der Waals surface area (Å²) < 4.78 is 5.26. The molecule has 0 radical (unpaired) electrons. The van der Waals surface area contributed by atoms with Gasteiger partial charge in [-0.15, -0.1) is 11.3 Å². The van der Waals surface area contributed by atoms with Crippen LogP contribution in [-0.4, -0.2) is 28.4 Å². The molecule has 0 saturated carbocycles. The van der Waals surface area contributed by atoms with Crippen LogP contribution >= 0.6 is 46.1 Å². The Labute approximate surface area is 138 Å². The van der Waals surface area contributed by atoms with Crippen molar-refractivity contribution in [3.8, 4) is 5.75 Å². The molecule has 0 atom stereocenters. The number of ketones is 1. The molecule has 1 heterocycles. The highest BCUT2D eigenvalue weighted by Crippen LogP contribution is 2.35. The van der Waals surface area contributed by atoms with Crippen LogP contribution in [0.5, 0.6) is 5.75 Å². The number of hydrogen-bond acceptors (Lipinski definition) is 5. The fourth-order valence-electron chi connectivity index (χ4n) is 1.37. The number of aromatic carboxylic acids is 1. The molecule has 0 aliphatic heterocycles. The van der Waals surface area contributed by atoms with E-state index in [0.717, 1.165) is 11.3 Å². The molecule has 0 unspecified atom stereocenters. The molecule has 0 aliphatic carbocycles. The molecule has 2 rings (SSSR count). The standard InChI is InChI=1S/C12H6Cl3NO4S/c13-5-1-6(14)10(7(15)2-5)20-3-9(17)11-16-8(4-21-11)12(18)19/h1-2,4H,3H2,(H,18,19). The lowest BCUT2D eigenvalue weighted by molar-refractivity contribution is 0.0691. The van der Waals surface area contributed by atoms with Gasteiger partial charge < -0.3 is 9.84 Å². The summed E-state index contributed by atoms with van der Waals surface area (Å²) in [6.07, 6.45) is 0. The number of aromatic nitrogens is 1. The Morgan fingerprint density at radius 1 is 1.24 bits per heavy atom. The second-order valence-electron chi connectivity index (χ2n) is 3.75. The van der Waals surface area contributed by atoms with Gasteiger partial charge in [-0.2, -0.15) is 0 Å². The second kappa shape index (κ2) is 6.62. The van der Waals surface area contributed by atoms with Crippen LogP contribution < -0.4 is 4.74 Å². The van der Waals surface area contributed by atoms with Crippen LogP contribution in [0.3, 0.4) is 0 Å². The zero-order valence-electron chi connectivity index (χ0n) is 10.1. The third-order valence-corrected chi connectivity index (χ3v) is 3.94. The Balaban J connectivity index is 2.09.